The van der Waals surface area contributed by atoms with Gasteiger partial charge in [0.2, 0.25) is 5.91 Å². The van der Waals surface area contributed by atoms with Crippen molar-refractivity contribution in [1.29, 1.82) is 0 Å². The minimum atomic E-state index is -3.64. The second-order valence-corrected chi connectivity index (χ2v) is 4.51. The molecule has 2 N–H and O–H groups in total. The third-order valence-electron chi connectivity index (χ3n) is 3.10. The van der Waals surface area contributed by atoms with Crippen molar-refractivity contribution < 1.29 is 23.0 Å². The van der Waals surface area contributed by atoms with Crippen molar-refractivity contribution in [2.24, 2.45) is 5.92 Å². The number of carbonyl (C=O) groups is 1. The maximum atomic E-state index is 12.8. The van der Waals surface area contributed by atoms with Gasteiger partial charge in [-0.25, -0.2) is 0 Å². The van der Waals surface area contributed by atoms with Crippen LogP contribution in [0.3, 0.4) is 0 Å². The van der Waals surface area contributed by atoms with E-state index in [2.05, 4.69) is 20.1 Å². The van der Waals surface area contributed by atoms with E-state index >= 15 is 0 Å². The van der Waals surface area contributed by atoms with Crippen molar-refractivity contribution in [2.45, 2.75) is 12.7 Å². The Balaban J connectivity index is 1.71. The first-order valence-corrected chi connectivity index (χ1v) is 5.95. The van der Waals surface area contributed by atoms with Gasteiger partial charge >= 0.3 is 6.29 Å². The van der Waals surface area contributed by atoms with E-state index in [1.54, 1.807) is 0 Å². The number of amides is 1. The first-order valence-electron chi connectivity index (χ1n) is 5.95. The lowest BCUT2D eigenvalue weighted by Gasteiger charge is -2.10. The Kier molecular flexibility index (Phi) is 2.78. The van der Waals surface area contributed by atoms with Crippen molar-refractivity contribution >= 4 is 11.6 Å². The Morgan fingerprint density at radius 2 is 2.16 bits per heavy atom. The second-order valence-electron chi connectivity index (χ2n) is 4.51. The third-order valence-corrected chi connectivity index (χ3v) is 3.10. The molecular weight excluding hydrogens is 258 g/mol. The van der Waals surface area contributed by atoms with Gasteiger partial charge in [-0.15, -0.1) is 8.78 Å². The van der Waals surface area contributed by atoms with Gasteiger partial charge in [0.25, 0.3) is 0 Å². The first kappa shape index (κ1) is 12.2. The zero-order chi connectivity index (χ0) is 13.5. The minimum Gasteiger partial charge on any atom is -0.395 e. The molecule has 1 saturated heterocycles. The standard InChI is InChI=1S/C12H12F2N2O3/c13-12(14)18-9-2-1-8(5-10(9)19-12)16-11(17)7-3-4-15-6-7/h1-2,5,7,15H,3-4,6H2,(H,16,17). The van der Waals surface area contributed by atoms with Gasteiger partial charge in [0.15, 0.2) is 11.5 Å². The van der Waals surface area contributed by atoms with E-state index in [0.29, 0.717) is 12.2 Å². The van der Waals surface area contributed by atoms with Crippen LogP contribution in [0.2, 0.25) is 0 Å². The normalized spacial score (nSPS) is 23.4. The molecule has 1 unspecified atom stereocenters. The molecule has 5 nitrogen and oxygen atoms in total. The summed E-state index contributed by atoms with van der Waals surface area (Å²) in [4.78, 5) is 11.9. The summed E-state index contributed by atoms with van der Waals surface area (Å²) in [5.41, 5.74) is 0.414. The second kappa shape index (κ2) is 4.34. The third kappa shape index (κ3) is 2.46. The van der Waals surface area contributed by atoms with E-state index in [1.807, 2.05) is 0 Å². The van der Waals surface area contributed by atoms with Crippen LogP contribution in [0.4, 0.5) is 14.5 Å². The highest BCUT2D eigenvalue weighted by atomic mass is 19.3. The summed E-state index contributed by atoms with van der Waals surface area (Å²) in [6.45, 7) is 1.44. The summed E-state index contributed by atoms with van der Waals surface area (Å²) in [5, 5.41) is 5.77. The van der Waals surface area contributed by atoms with Crippen molar-refractivity contribution in [3.8, 4) is 11.5 Å². The van der Waals surface area contributed by atoms with Crippen molar-refractivity contribution in [3.63, 3.8) is 0 Å². The van der Waals surface area contributed by atoms with E-state index in [9.17, 15) is 13.6 Å². The highest BCUT2D eigenvalue weighted by Crippen LogP contribution is 2.42. The zero-order valence-corrected chi connectivity index (χ0v) is 9.91. The number of benzene rings is 1. The van der Waals surface area contributed by atoms with E-state index in [-0.39, 0.29) is 23.3 Å². The summed E-state index contributed by atoms with van der Waals surface area (Å²) in [5.74, 6) is -0.333. The number of anilines is 1. The Morgan fingerprint density at radius 3 is 2.89 bits per heavy atom. The molecule has 2 heterocycles. The van der Waals surface area contributed by atoms with Crippen LogP contribution < -0.4 is 20.1 Å². The molecule has 1 atom stereocenters. The molecule has 0 spiro atoms. The van der Waals surface area contributed by atoms with E-state index in [0.717, 1.165) is 13.0 Å². The molecule has 2 aliphatic heterocycles. The molecular formula is C12H12F2N2O3. The summed E-state index contributed by atoms with van der Waals surface area (Å²) in [7, 11) is 0. The number of nitrogens with one attached hydrogen (secondary N) is 2. The van der Waals surface area contributed by atoms with Crippen molar-refractivity contribution in [3.05, 3.63) is 18.2 Å². The quantitative estimate of drug-likeness (QED) is 0.856. The molecule has 1 aromatic carbocycles. The lowest BCUT2D eigenvalue weighted by atomic mass is 10.1. The predicted molar refractivity (Wildman–Crippen MR) is 62.3 cm³/mol. The van der Waals surface area contributed by atoms with Crippen LogP contribution in [0.25, 0.3) is 0 Å². The van der Waals surface area contributed by atoms with Gasteiger partial charge < -0.3 is 20.1 Å². The topological polar surface area (TPSA) is 59.6 Å². The lowest BCUT2D eigenvalue weighted by molar-refractivity contribution is -0.286. The minimum absolute atomic E-state index is 0.0365. The smallest absolute Gasteiger partial charge is 0.395 e. The molecule has 0 saturated carbocycles. The van der Waals surface area contributed by atoms with Crippen molar-refractivity contribution in [2.75, 3.05) is 18.4 Å². The fourth-order valence-electron chi connectivity index (χ4n) is 2.15. The largest absolute Gasteiger partial charge is 0.586 e. The number of ether oxygens (including phenoxy) is 2. The van der Waals surface area contributed by atoms with Gasteiger partial charge in [-0.3, -0.25) is 4.79 Å². The number of halogens is 2. The zero-order valence-electron chi connectivity index (χ0n) is 9.91. The average molecular weight is 270 g/mol. The predicted octanol–water partition coefficient (Wildman–Crippen LogP) is 1.56. The van der Waals surface area contributed by atoms with Crippen LogP contribution >= 0.6 is 0 Å². The number of carbonyl (C=O) groups excluding carboxylic acids is 1. The first-order chi connectivity index (χ1) is 9.03. The number of alkyl halides is 2. The Labute approximate surface area is 107 Å². The molecule has 102 valence electrons. The van der Waals surface area contributed by atoms with Crippen molar-refractivity contribution in [1.82, 2.24) is 5.32 Å². The fraction of sp³-hybridized carbons (Fsp3) is 0.417. The summed E-state index contributed by atoms with van der Waals surface area (Å²) in [6.07, 6.45) is -2.87. The molecule has 19 heavy (non-hydrogen) atoms. The van der Waals surface area contributed by atoms with Gasteiger partial charge in [-0.2, -0.15) is 0 Å². The highest BCUT2D eigenvalue weighted by Gasteiger charge is 2.43. The highest BCUT2D eigenvalue weighted by molar-refractivity contribution is 5.93. The Morgan fingerprint density at radius 1 is 1.37 bits per heavy atom. The summed E-state index contributed by atoms with van der Waals surface area (Å²) >= 11 is 0. The molecule has 7 heteroatoms. The lowest BCUT2D eigenvalue weighted by Crippen LogP contribution is -2.26. The number of rotatable bonds is 2. The molecule has 0 radical (unpaired) electrons. The van der Waals surface area contributed by atoms with Gasteiger partial charge in [-0.1, -0.05) is 0 Å². The molecule has 0 aliphatic carbocycles. The van der Waals surface area contributed by atoms with Gasteiger partial charge in [0, 0.05) is 18.3 Å². The molecule has 1 fully saturated rings. The molecule has 1 amide bonds. The SMILES string of the molecule is O=C(Nc1ccc2c(c1)OC(F)(F)O2)C1CCNC1. The monoisotopic (exact) mass is 270 g/mol. The Hall–Kier alpha value is -1.89. The number of fused-ring (bicyclic) bond motifs is 1. The van der Waals surface area contributed by atoms with E-state index in [4.69, 9.17) is 0 Å². The van der Waals surface area contributed by atoms with Gasteiger partial charge in [-0.05, 0) is 25.1 Å². The Bertz CT molecular complexity index is 516. The average Bonchev–Trinajstić information content (AvgIpc) is 2.93. The van der Waals surface area contributed by atoms with E-state index in [1.165, 1.54) is 18.2 Å². The molecule has 2 aliphatic rings. The van der Waals surface area contributed by atoms with Gasteiger partial charge in [0.1, 0.15) is 0 Å². The van der Waals surface area contributed by atoms with Crippen LogP contribution in [-0.4, -0.2) is 25.3 Å². The molecule has 0 aromatic heterocycles. The number of hydrogen-bond donors (Lipinski definition) is 2. The fourth-order valence-corrected chi connectivity index (χ4v) is 2.15. The maximum absolute atomic E-state index is 12.8. The van der Waals surface area contributed by atoms with Crippen LogP contribution in [0, 0.1) is 5.92 Å². The van der Waals surface area contributed by atoms with Crippen LogP contribution in [0.15, 0.2) is 18.2 Å². The van der Waals surface area contributed by atoms with E-state index < -0.39 is 6.29 Å². The molecule has 3 rings (SSSR count). The maximum Gasteiger partial charge on any atom is 0.586 e. The number of hydrogen-bond acceptors (Lipinski definition) is 4. The summed E-state index contributed by atoms with van der Waals surface area (Å²) in [6, 6.07) is 4.18. The van der Waals surface area contributed by atoms with Crippen LogP contribution in [0.1, 0.15) is 6.42 Å². The summed E-state index contributed by atoms with van der Waals surface area (Å²) < 4.78 is 34.3. The van der Waals surface area contributed by atoms with Gasteiger partial charge in [0.05, 0.1) is 5.92 Å². The van der Waals surface area contributed by atoms with Crippen LogP contribution in [0.5, 0.6) is 11.5 Å². The van der Waals surface area contributed by atoms with Crippen LogP contribution in [-0.2, 0) is 4.79 Å². The molecule has 0 bridgehead atoms. The molecule has 1 aromatic rings.